The lowest BCUT2D eigenvalue weighted by Crippen LogP contribution is -2.33. The molecule has 1 saturated carbocycles. The Bertz CT molecular complexity index is 134. The standard InChI is InChI=1S/C7H14N2O/c1-10-9-7-5-3-2-4-6(7)8/h6H,2-5,8H2,1H3/t6-/m1/s1. The van der Waals surface area contributed by atoms with Crippen LogP contribution in [0.5, 0.6) is 0 Å². The Hall–Kier alpha value is -0.570. The molecule has 3 heteroatoms. The van der Waals surface area contributed by atoms with Crippen LogP contribution in [0.1, 0.15) is 25.7 Å². The second-order valence-corrected chi connectivity index (χ2v) is 2.62. The molecule has 1 aliphatic rings. The molecule has 0 aromatic heterocycles. The third-order valence-electron chi connectivity index (χ3n) is 1.83. The highest BCUT2D eigenvalue weighted by molar-refractivity contribution is 5.89. The van der Waals surface area contributed by atoms with Crippen molar-refractivity contribution in [3.8, 4) is 0 Å². The van der Waals surface area contributed by atoms with Crippen LogP contribution in [0.25, 0.3) is 0 Å². The van der Waals surface area contributed by atoms with Crippen molar-refractivity contribution < 1.29 is 4.84 Å². The maximum atomic E-state index is 5.75. The summed E-state index contributed by atoms with van der Waals surface area (Å²) in [4.78, 5) is 4.66. The van der Waals surface area contributed by atoms with Crippen molar-refractivity contribution in [2.45, 2.75) is 31.7 Å². The molecule has 0 bridgehead atoms. The second kappa shape index (κ2) is 3.56. The van der Waals surface area contributed by atoms with Crippen LogP contribution in [0, 0.1) is 0 Å². The van der Waals surface area contributed by atoms with E-state index in [1.807, 2.05) is 0 Å². The summed E-state index contributed by atoms with van der Waals surface area (Å²) in [5.41, 5.74) is 6.78. The molecule has 1 atom stereocenters. The second-order valence-electron chi connectivity index (χ2n) is 2.62. The number of hydrogen-bond acceptors (Lipinski definition) is 3. The van der Waals surface area contributed by atoms with Gasteiger partial charge in [0.2, 0.25) is 0 Å². The Morgan fingerprint density at radius 2 is 2.40 bits per heavy atom. The lowest BCUT2D eigenvalue weighted by molar-refractivity contribution is 0.210. The number of hydrogen-bond donors (Lipinski definition) is 1. The van der Waals surface area contributed by atoms with E-state index in [1.165, 1.54) is 12.8 Å². The highest BCUT2D eigenvalue weighted by Gasteiger charge is 2.16. The SMILES string of the molecule is CON=C1CCCC[C@H]1N. The van der Waals surface area contributed by atoms with Gasteiger partial charge in [0.05, 0.1) is 5.71 Å². The average molecular weight is 142 g/mol. The third-order valence-corrected chi connectivity index (χ3v) is 1.83. The highest BCUT2D eigenvalue weighted by Crippen LogP contribution is 2.13. The Morgan fingerprint density at radius 3 is 3.00 bits per heavy atom. The largest absolute Gasteiger partial charge is 0.399 e. The first-order valence-electron chi connectivity index (χ1n) is 3.70. The molecule has 0 aliphatic heterocycles. The molecule has 58 valence electrons. The van der Waals surface area contributed by atoms with E-state index in [0.717, 1.165) is 18.6 Å². The molecule has 0 saturated heterocycles. The first-order chi connectivity index (χ1) is 4.84. The normalized spacial score (nSPS) is 30.6. The van der Waals surface area contributed by atoms with E-state index in [-0.39, 0.29) is 6.04 Å². The van der Waals surface area contributed by atoms with E-state index < -0.39 is 0 Å². The molecule has 1 rings (SSSR count). The van der Waals surface area contributed by atoms with Gasteiger partial charge < -0.3 is 10.6 Å². The summed E-state index contributed by atoms with van der Waals surface area (Å²) in [5, 5.41) is 3.86. The topological polar surface area (TPSA) is 47.6 Å². The zero-order valence-corrected chi connectivity index (χ0v) is 6.34. The van der Waals surface area contributed by atoms with Crippen LogP contribution >= 0.6 is 0 Å². The van der Waals surface area contributed by atoms with Crippen LogP contribution < -0.4 is 5.73 Å². The fraction of sp³-hybridized carbons (Fsp3) is 0.857. The van der Waals surface area contributed by atoms with Gasteiger partial charge in [-0.15, -0.1) is 0 Å². The molecule has 0 aromatic rings. The first-order valence-corrected chi connectivity index (χ1v) is 3.70. The molecular weight excluding hydrogens is 128 g/mol. The van der Waals surface area contributed by atoms with Gasteiger partial charge in [-0.05, 0) is 19.3 Å². The molecule has 0 spiro atoms. The molecule has 1 aliphatic carbocycles. The summed E-state index contributed by atoms with van der Waals surface area (Å²) < 4.78 is 0. The van der Waals surface area contributed by atoms with Crippen LogP contribution in [-0.4, -0.2) is 18.9 Å². The van der Waals surface area contributed by atoms with E-state index in [2.05, 4.69) is 9.99 Å². The van der Waals surface area contributed by atoms with Crippen molar-refractivity contribution in [1.29, 1.82) is 0 Å². The van der Waals surface area contributed by atoms with Gasteiger partial charge in [0, 0.05) is 6.04 Å². The van der Waals surface area contributed by atoms with E-state index >= 15 is 0 Å². The van der Waals surface area contributed by atoms with Crippen molar-refractivity contribution in [1.82, 2.24) is 0 Å². The van der Waals surface area contributed by atoms with Crippen molar-refractivity contribution >= 4 is 5.71 Å². The summed E-state index contributed by atoms with van der Waals surface area (Å²) in [7, 11) is 1.56. The summed E-state index contributed by atoms with van der Waals surface area (Å²) >= 11 is 0. The van der Waals surface area contributed by atoms with Crippen molar-refractivity contribution in [3.63, 3.8) is 0 Å². The van der Waals surface area contributed by atoms with Crippen molar-refractivity contribution in [3.05, 3.63) is 0 Å². The molecule has 0 radical (unpaired) electrons. The Labute approximate surface area is 61.2 Å². The number of rotatable bonds is 1. The lowest BCUT2D eigenvalue weighted by atomic mass is 9.94. The first kappa shape index (κ1) is 7.54. The smallest absolute Gasteiger partial charge is 0.106 e. The Balaban J connectivity index is 2.47. The fourth-order valence-electron chi connectivity index (χ4n) is 1.25. The van der Waals surface area contributed by atoms with Crippen LogP contribution in [0.4, 0.5) is 0 Å². The number of nitrogens with zero attached hydrogens (tertiary/aromatic N) is 1. The quantitative estimate of drug-likeness (QED) is 0.553. The minimum atomic E-state index is 0.147. The summed E-state index contributed by atoms with van der Waals surface area (Å²) in [5.74, 6) is 0. The summed E-state index contributed by atoms with van der Waals surface area (Å²) in [6.07, 6.45) is 4.50. The minimum Gasteiger partial charge on any atom is -0.399 e. The van der Waals surface area contributed by atoms with Gasteiger partial charge >= 0.3 is 0 Å². The van der Waals surface area contributed by atoms with E-state index in [0.29, 0.717) is 0 Å². The molecule has 2 N–H and O–H groups in total. The third kappa shape index (κ3) is 1.70. The van der Waals surface area contributed by atoms with Crippen LogP contribution in [0.3, 0.4) is 0 Å². The molecule has 3 nitrogen and oxygen atoms in total. The van der Waals surface area contributed by atoms with Gasteiger partial charge in [-0.25, -0.2) is 0 Å². The van der Waals surface area contributed by atoms with E-state index in [4.69, 9.17) is 5.73 Å². The highest BCUT2D eigenvalue weighted by atomic mass is 16.6. The zero-order chi connectivity index (χ0) is 7.40. The molecule has 0 heterocycles. The lowest BCUT2D eigenvalue weighted by Gasteiger charge is -2.18. The zero-order valence-electron chi connectivity index (χ0n) is 6.34. The van der Waals surface area contributed by atoms with E-state index in [9.17, 15) is 0 Å². The van der Waals surface area contributed by atoms with Gasteiger partial charge in [-0.3, -0.25) is 0 Å². The van der Waals surface area contributed by atoms with Gasteiger partial charge in [0.15, 0.2) is 0 Å². The molecule has 10 heavy (non-hydrogen) atoms. The molecule has 0 amide bonds. The Kier molecular flexibility index (Phi) is 2.68. The van der Waals surface area contributed by atoms with Gasteiger partial charge in [0.25, 0.3) is 0 Å². The average Bonchev–Trinajstić information content (AvgIpc) is 1.94. The molecular formula is C7H14N2O. The van der Waals surface area contributed by atoms with Crippen molar-refractivity contribution in [2.75, 3.05) is 7.11 Å². The van der Waals surface area contributed by atoms with Gasteiger partial charge in [-0.1, -0.05) is 11.6 Å². The molecule has 0 aromatic carbocycles. The van der Waals surface area contributed by atoms with Crippen LogP contribution in [0.15, 0.2) is 5.16 Å². The number of oxime groups is 1. The van der Waals surface area contributed by atoms with Gasteiger partial charge in [-0.2, -0.15) is 0 Å². The van der Waals surface area contributed by atoms with Gasteiger partial charge in [0.1, 0.15) is 7.11 Å². The number of nitrogens with two attached hydrogens (primary N) is 1. The van der Waals surface area contributed by atoms with Crippen LogP contribution in [0.2, 0.25) is 0 Å². The summed E-state index contributed by atoms with van der Waals surface area (Å²) in [6.45, 7) is 0. The van der Waals surface area contributed by atoms with Crippen LogP contribution in [-0.2, 0) is 4.84 Å². The predicted octanol–water partition coefficient (Wildman–Crippen LogP) is 0.890. The summed E-state index contributed by atoms with van der Waals surface area (Å²) in [6, 6.07) is 0.147. The van der Waals surface area contributed by atoms with Crippen molar-refractivity contribution in [2.24, 2.45) is 10.9 Å². The maximum Gasteiger partial charge on any atom is 0.106 e. The predicted molar refractivity (Wildman–Crippen MR) is 40.9 cm³/mol. The minimum absolute atomic E-state index is 0.147. The molecule has 1 fully saturated rings. The van der Waals surface area contributed by atoms with E-state index in [1.54, 1.807) is 7.11 Å². The monoisotopic (exact) mass is 142 g/mol. The maximum absolute atomic E-state index is 5.75. The molecule has 0 unspecified atom stereocenters. The fourth-order valence-corrected chi connectivity index (χ4v) is 1.25. The Morgan fingerprint density at radius 1 is 1.60 bits per heavy atom.